The molecule has 7 aromatic rings. The molecule has 0 saturated carbocycles. The fourth-order valence-corrected chi connectivity index (χ4v) is 10.1. The number of benzene rings is 3. The van der Waals surface area contributed by atoms with Gasteiger partial charge in [-0.3, -0.25) is 14.5 Å². The molecule has 1 unspecified atom stereocenters. The lowest BCUT2D eigenvalue weighted by molar-refractivity contribution is 0.0686. The first-order valence-electron chi connectivity index (χ1n) is 21.4. The number of hydrogen-bond acceptors (Lipinski definition) is 7. The van der Waals surface area contributed by atoms with Crippen LogP contribution in [0.1, 0.15) is 79.7 Å². The maximum atomic E-state index is 15.6. The van der Waals surface area contributed by atoms with Crippen molar-refractivity contribution in [1.82, 2.24) is 23.9 Å². The molecule has 1 saturated heterocycles. The maximum Gasteiger partial charge on any atom is 0.352 e. The number of anilines is 2. The summed E-state index contributed by atoms with van der Waals surface area (Å²) in [6.45, 7) is 15.8. The van der Waals surface area contributed by atoms with Crippen molar-refractivity contribution in [1.29, 1.82) is 0 Å². The van der Waals surface area contributed by atoms with Gasteiger partial charge < -0.3 is 33.5 Å². The van der Waals surface area contributed by atoms with Gasteiger partial charge in [0.05, 0.1) is 59.5 Å². The van der Waals surface area contributed by atoms with Crippen molar-refractivity contribution >= 4 is 68.3 Å². The van der Waals surface area contributed by atoms with Crippen LogP contribution in [0.2, 0.25) is 10.0 Å². The molecule has 2 aliphatic rings. The molecule has 326 valence electrons. The lowest BCUT2D eigenvalue weighted by Gasteiger charge is -2.35. The number of pyridine rings is 1. The van der Waals surface area contributed by atoms with Crippen LogP contribution in [0.5, 0.6) is 5.75 Å². The molecule has 1 atom stereocenters. The van der Waals surface area contributed by atoms with Gasteiger partial charge in [-0.05, 0) is 125 Å². The number of hydrogen-bond donors (Lipinski definition) is 1. The number of halogens is 2. The van der Waals surface area contributed by atoms with E-state index in [9.17, 15) is 9.90 Å². The van der Waals surface area contributed by atoms with Crippen LogP contribution in [-0.2, 0) is 24.8 Å². The number of nitrogens with zero attached hydrogens (tertiary/aromatic N) is 7. The van der Waals surface area contributed by atoms with Crippen molar-refractivity contribution in [3.63, 3.8) is 0 Å². The molecular formula is C49H51Cl2N7O5. The molecule has 0 aliphatic carbocycles. The molecule has 0 spiro atoms. The number of carbonyl (C=O) groups excluding carboxylic acids is 1. The highest BCUT2D eigenvalue weighted by Gasteiger charge is 2.38. The van der Waals surface area contributed by atoms with Gasteiger partial charge in [0.2, 0.25) is 0 Å². The molecule has 1 amide bonds. The number of amides is 1. The van der Waals surface area contributed by atoms with Crippen LogP contribution in [0.15, 0.2) is 60.8 Å². The molecule has 1 N–H and O–H groups in total. The first kappa shape index (κ1) is 42.5. The van der Waals surface area contributed by atoms with Crippen LogP contribution in [0, 0.1) is 34.6 Å². The molecule has 1 fully saturated rings. The summed E-state index contributed by atoms with van der Waals surface area (Å²) in [7, 11) is 1.93. The summed E-state index contributed by atoms with van der Waals surface area (Å²) in [4.78, 5) is 37.4. The topological polar surface area (TPSA) is 120 Å². The largest absolute Gasteiger partial charge is 0.494 e. The number of carbonyl (C=O) groups is 2. The van der Waals surface area contributed by atoms with Gasteiger partial charge in [-0.15, -0.1) is 0 Å². The summed E-state index contributed by atoms with van der Waals surface area (Å²) < 4.78 is 17.7. The minimum Gasteiger partial charge on any atom is -0.494 e. The van der Waals surface area contributed by atoms with E-state index >= 15 is 4.79 Å². The highest BCUT2D eigenvalue weighted by molar-refractivity contribution is 6.35. The van der Waals surface area contributed by atoms with E-state index < -0.39 is 5.97 Å². The zero-order chi connectivity index (χ0) is 44.4. The van der Waals surface area contributed by atoms with E-state index in [0.717, 1.165) is 90.6 Å². The SMILES string of the molecule is Cc1cc(N2CC(C)n3c(c(CCCOc4cc(C)c(Cl)c(C)c4)c4ccc(Cl)c(-c5c(C)nn(C)c5C)c43)C2=O)c2c(c1)cc(C(=O)O)n2Cc1cc(N2CCOCC2)ccn1. The normalized spacial score (nSPS) is 15.5. The molecule has 9 rings (SSSR count). The Morgan fingerprint density at radius 2 is 1.70 bits per heavy atom. The Balaban J connectivity index is 1.18. The average Bonchev–Trinajstić information content (AvgIpc) is 3.88. The van der Waals surface area contributed by atoms with Crippen LogP contribution < -0.4 is 14.5 Å². The molecule has 6 heterocycles. The Bertz CT molecular complexity index is 2950. The highest BCUT2D eigenvalue weighted by atomic mass is 35.5. The number of morpholine rings is 1. The summed E-state index contributed by atoms with van der Waals surface area (Å²) in [6.07, 6.45) is 2.95. The molecule has 14 heteroatoms. The van der Waals surface area contributed by atoms with Gasteiger partial charge in [0, 0.05) is 77.2 Å². The van der Waals surface area contributed by atoms with Crippen molar-refractivity contribution in [3.05, 3.63) is 122 Å². The number of carboxylic acids is 1. The Kier molecular flexibility index (Phi) is 11.3. The number of fused-ring (bicyclic) bond motifs is 4. The van der Waals surface area contributed by atoms with Crippen LogP contribution in [0.3, 0.4) is 0 Å². The standard InChI is InChI=1S/C49H51Cl2N7O5/c1-27-19-33-23-41(49(60)61)56(26-34-24-35(12-13-52-34)55-14-17-62-18-15-55)45(33)40(20-27)57-25-30(4)58-46-38(10-11-39(50)43(46)42-31(5)53-54(7)32(42)6)37(47(58)48(57)59)9-8-16-63-36-21-28(2)44(51)29(3)22-36/h10-13,19-24,30H,8-9,14-18,25-26H2,1-7H3,(H,60,61). The molecule has 12 nitrogen and oxygen atoms in total. The van der Waals surface area contributed by atoms with Crippen molar-refractivity contribution in [3.8, 4) is 16.9 Å². The Morgan fingerprint density at radius 3 is 2.40 bits per heavy atom. The predicted molar refractivity (Wildman–Crippen MR) is 250 cm³/mol. The maximum absolute atomic E-state index is 15.6. The summed E-state index contributed by atoms with van der Waals surface area (Å²) >= 11 is 13.7. The van der Waals surface area contributed by atoms with Gasteiger partial charge >= 0.3 is 5.97 Å². The van der Waals surface area contributed by atoms with E-state index in [1.807, 2.05) is 99.8 Å². The monoisotopic (exact) mass is 887 g/mol. The number of ether oxygens (including phenoxy) is 2. The van der Waals surface area contributed by atoms with Crippen molar-refractivity contribution in [2.24, 2.45) is 7.05 Å². The molecule has 0 radical (unpaired) electrons. The van der Waals surface area contributed by atoms with Gasteiger partial charge in [-0.25, -0.2) is 4.79 Å². The van der Waals surface area contributed by atoms with E-state index in [-0.39, 0.29) is 24.2 Å². The Hall–Kier alpha value is -5.82. The molecule has 63 heavy (non-hydrogen) atoms. The van der Waals surface area contributed by atoms with Crippen LogP contribution in [-0.4, -0.2) is 80.3 Å². The third kappa shape index (κ3) is 7.51. The first-order valence-corrected chi connectivity index (χ1v) is 22.2. The fraction of sp³-hybridized carbons (Fsp3) is 0.347. The summed E-state index contributed by atoms with van der Waals surface area (Å²) in [6, 6.07) is 17.3. The summed E-state index contributed by atoms with van der Waals surface area (Å²) in [5.41, 5.74) is 12.0. The van der Waals surface area contributed by atoms with Crippen LogP contribution in [0.25, 0.3) is 32.9 Å². The lowest BCUT2D eigenvalue weighted by atomic mass is 9.98. The van der Waals surface area contributed by atoms with E-state index in [0.29, 0.717) is 66.8 Å². The Labute approximate surface area is 376 Å². The van der Waals surface area contributed by atoms with E-state index in [2.05, 4.69) is 16.4 Å². The highest BCUT2D eigenvalue weighted by Crippen LogP contribution is 2.46. The number of aryl methyl sites for hydroxylation is 6. The van der Waals surface area contributed by atoms with Gasteiger partial charge in [0.1, 0.15) is 17.1 Å². The zero-order valence-corrected chi connectivity index (χ0v) is 38.2. The second kappa shape index (κ2) is 16.7. The molecule has 3 aromatic carbocycles. The fourth-order valence-electron chi connectivity index (χ4n) is 9.75. The Morgan fingerprint density at radius 1 is 0.952 bits per heavy atom. The lowest BCUT2D eigenvalue weighted by Crippen LogP contribution is -2.43. The number of aromatic carboxylic acids is 1. The average molecular weight is 889 g/mol. The molecule has 0 bridgehead atoms. The van der Waals surface area contributed by atoms with Crippen molar-refractivity contribution in [2.45, 2.75) is 67.0 Å². The smallest absolute Gasteiger partial charge is 0.352 e. The van der Waals surface area contributed by atoms with E-state index in [4.69, 9.17) is 42.8 Å². The van der Waals surface area contributed by atoms with Crippen molar-refractivity contribution < 1.29 is 24.2 Å². The minimum absolute atomic E-state index is 0.121. The minimum atomic E-state index is -1.06. The zero-order valence-electron chi connectivity index (χ0n) is 36.7. The van der Waals surface area contributed by atoms with E-state index in [1.54, 1.807) is 16.8 Å². The van der Waals surface area contributed by atoms with Crippen molar-refractivity contribution in [2.75, 3.05) is 49.3 Å². The molecule has 2 aliphatic heterocycles. The van der Waals surface area contributed by atoms with Crippen LogP contribution >= 0.6 is 23.2 Å². The van der Waals surface area contributed by atoms with Gasteiger partial charge in [-0.2, -0.15) is 5.10 Å². The second-order valence-corrected chi connectivity index (χ2v) is 17.8. The van der Waals surface area contributed by atoms with Gasteiger partial charge in [0.25, 0.3) is 5.91 Å². The van der Waals surface area contributed by atoms with Gasteiger partial charge in [-0.1, -0.05) is 29.3 Å². The van der Waals surface area contributed by atoms with Crippen LogP contribution in [0.4, 0.5) is 11.4 Å². The molecular weight excluding hydrogens is 837 g/mol. The quantitative estimate of drug-likeness (QED) is 0.128. The summed E-state index contributed by atoms with van der Waals surface area (Å²) in [5.74, 6) is -0.480. The predicted octanol–water partition coefficient (Wildman–Crippen LogP) is 10.1. The molecule has 4 aromatic heterocycles. The van der Waals surface area contributed by atoms with E-state index in [1.165, 1.54) is 0 Å². The third-order valence-corrected chi connectivity index (χ3v) is 13.6. The summed E-state index contributed by atoms with van der Waals surface area (Å²) in [5, 5.41) is 18.4. The number of rotatable bonds is 11. The third-order valence-electron chi connectivity index (χ3n) is 12.7. The first-order chi connectivity index (χ1) is 30.2. The number of carboxylic acid groups (broad SMARTS) is 1. The van der Waals surface area contributed by atoms with Gasteiger partial charge in [0.15, 0.2) is 0 Å². The number of aromatic nitrogens is 5. The second-order valence-electron chi connectivity index (χ2n) is 17.0.